The maximum atomic E-state index is 11.3. The zero-order valence-corrected chi connectivity index (χ0v) is 13.9. The molecule has 21 heavy (non-hydrogen) atoms. The Kier molecular flexibility index (Phi) is 3.65. The van der Waals surface area contributed by atoms with Crippen molar-refractivity contribution >= 4 is 32.7 Å². The molecule has 112 valence electrons. The maximum Gasteiger partial charge on any atom is 0.220 e. The zero-order chi connectivity index (χ0) is 15.1. The molecule has 1 unspecified atom stereocenters. The average molecular weight is 352 g/mol. The number of carbonyl (C=O) groups is 1. The third-order valence-electron chi connectivity index (χ3n) is 4.14. The molecule has 1 amide bonds. The van der Waals surface area contributed by atoms with Gasteiger partial charge in [0.15, 0.2) is 0 Å². The van der Waals surface area contributed by atoms with Crippen LogP contribution in [0.15, 0.2) is 16.6 Å². The molecule has 2 atom stereocenters. The fraction of sp³-hybridized carbons (Fsp3) is 0.467. The van der Waals surface area contributed by atoms with Crippen LogP contribution in [0.2, 0.25) is 0 Å². The highest BCUT2D eigenvalue weighted by atomic mass is 79.9. The minimum absolute atomic E-state index is 0.0268. The van der Waals surface area contributed by atoms with Crippen LogP contribution in [0.1, 0.15) is 19.0 Å². The molecule has 1 aromatic carbocycles. The molecule has 1 N–H and O–H groups in total. The fourth-order valence-corrected chi connectivity index (χ4v) is 3.18. The van der Waals surface area contributed by atoms with Gasteiger partial charge in [-0.1, -0.05) is 15.9 Å². The van der Waals surface area contributed by atoms with Crippen molar-refractivity contribution in [2.24, 2.45) is 13.0 Å². The van der Waals surface area contributed by atoms with Crippen molar-refractivity contribution in [3.8, 4) is 5.75 Å². The van der Waals surface area contributed by atoms with Crippen LogP contribution < -0.4 is 10.1 Å². The molecule has 5 nitrogen and oxygen atoms in total. The Balaban J connectivity index is 1.94. The second-order valence-electron chi connectivity index (χ2n) is 5.60. The number of aromatic nitrogens is 2. The number of hydrogen-bond acceptors (Lipinski definition) is 3. The number of nitrogens with zero attached hydrogens (tertiary/aromatic N) is 2. The van der Waals surface area contributed by atoms with Gasteiger partial charge < -0.3 is 10.1 Å². The van der Waals surface area contributed by atoms with Crippen molar-refractivity contribution in [3.63, 3.8) is 0 Å². The summed E-state index contributed by atoms with van der Waals surface area (Å²) >= 11 is 3.50. The van der Waals surface area contributed by atoms with E-state index in [0.717, 1.165) is 26.8 Å². The number of amides is 1. The Morgan fingerprint density at radius 3 is 2.95 bits per heavy atom. The second-order valence-corrected chi connectivity index (χ2v) is 6.51. The first kappa shape index (κ1) is 14.4. The largest absolute Gasteiger partial charge is 0.490 e. The summed E-state index contributed by atoms with van der Waals surface area (Å²) in [6.07, 6.45) is 0.505. The van der Waals surface area contributed by atoms with E-state index >= 15 is 0 Å². The Labute approximate surface area is 131 Å². The molecule has 6 heteroatoms. The smallest absolute Gasteiger partial charge is 0.220 e. The van der Waals surface area contributed by atoms with Gasteiger partial charge in [0.1, 0.15) is 11.9 Å². The SMILES string of the molecule is Cc1c2c(OC(C)[C@H]3CNC(=O)C3)cc(Br)cc2nn1C. The number of hydrogen-bond donors (Lipinski definition) is 1. The summed E-state index contributed by atoms with van der Waals surface area (Å²) in [7, 11) is 1.93. The lowest BCUT2D eigenvalue weighted by Gasteiger charge is -2.20. The van der Waals surface area contributed by atoms with Gasteiger partial charge in [0, 0.05) is 36.1 Å². The summed E-state index contributed by atoms with van der Waals surface area (Å²) in [5.74, 6) is 1.13. The lowest BCUT2D eigenvalue weighted by atomic mass is 10.0. The third kappa shape index (κ3) is 2.64. The molecule has 1 aliphatic heterocycles. The van der Waals surface area contributed by atoms with Crippen molar-refractivity contribution in [2.75, 3.05) is 6.54 Å². The highest BCUT2D eigenvalue weighted by Crippen LogP contribution is 2.33. The fourth-order valence-electron chi connectivity index (χ4n) is 2.76. The molecule has 2 heterocycles. The van der Waals surface area contributed by atoms with E-state index < -0.39 is 0 Å². The number of carbonyl (C=O) groups excluding carboxylic acids is 1. The van der Waals surface area contributed by atoms with E-state index in [1.165, 1.54) is 0 Å². The van der Waals surface area contributed by atoms with Crippen LogP contribution in [0.3, 0.4) is 0 Å². The van der Waals surface area contributed by atoms with E-state index in [1.54, 1.807) is 0 Å². The first-order valence-corrected chi connectivity index (χ1v) is 7.81. The van der Waals surface area contributed by atoms with Gasteiger partial charge in [-0.2, -0.15) is 5.10 Å². The highest BCUT2D eigenvalue weighted by molar-refractivity contribution is 9.10. The summed E-state index contributed by atoms with van der Waals surface area (Å²) in [5, 5.41) is 8.38. The predicted octanol–water partition coefficient (Wildman–Crippen LogP) is 2.55. The first-order chi connectivity index (χ1) is 9.95. The van der Waals surface area contributed by atoms with E-state index in [9.17, 15) is 4.79 Å². The number of ether oxygens (including phenoxy) is 1. The number of fused-ring (bicyclic) bond motifs is 1. The van der Waals surface area contributed by atoms with Crippen LogP contribution in [-0.4, -0.2) is 28.3 Å². The number of benzene rings is 1. The summed E-state index contributed by atoms with van der Waals surface area (Å²) in [4.78, 5) is 11.3. The average Bonchev–Trinajstić information content (AvgIpc) is 2.95. The lowest BCUT2D eigenvalue weighted by Crippen LogP contribution is -2.25. The van der Waals surface area contributed by atoms with Crippen molar-refractivity contribution < 1.29 is 9.53 Å². The third-order valence-corrected chi connectivity index (χ3v) is 4.59. The van der Waals surface area contributed by atoms with Gasteiger partial charge in [0.2, 0.25) is 5.91 Å². The minimum Gasteiger partial charge on any atom is -0.490 e. The summed E-state index contributed by atoms with van der Waals surface area (Å²) in [5.41, 5.74) is 1.98. The highest BCUT2D eigenvalue weighted by Gasteiger charge is 2.28. The Hall–Kier alpha value is -1.56. The standard InChI is InChI=1S/C15H18BrN3O2/c1-8-15-12(18-19(8)3)5-11(16)6-13(15)21-9(2)10-4-14(20)17-7-10/h5-6,9-10H,4,7H2,1-3H3,(H,17,20)/t9?,10-/m1/s1. The van der Waals surface area contributed by atoms with E-state index in [4.69, 9.17) is 4.74 Å². The molecule has 0 saturated carbocycles. The van der Waals surface area contributed by atoms with Crippen LogP contribution in [0, 0.1) is 12.8 Å². The van der Waals surface area contributed by atoms with E-state index in [-0.39, 0.29) is 17.9 Å². The zero-order valence-electron chi connectivity index (χ0n) is 12.3. The van der Waals surface area contributed by atoms with Gasteiger partial charge in [-0.05, 0) is 26.0 Å². The van der Waals surface area contributed by atoms with Gasteiger partial charge in [-0.15, -0.1) is 0 Å². The number of rotatable bonds is 3. The van der Waals surface area contributed by atoms with E-state index in [1.807, 2.05) is 37.7 Å². The molecule has 0 aliphatic carbocycles. The maximum absolute atomic E-state index is 11.3. The van der Waals surface area contributed by atoms with Crippen LogP contribution in [0.4, 0.5) is 0 Å². The molecular weight excluding hydrogens is 334 g/mol. The van der Waals surface area contributed by atoms with Crippen LogP contribution >= 0.6 is 15.9 Å². The molecule has 1 saturated heterocycles. The van der Waals surface area contributed by atoms with Crippen LogP contribution in [0.25, 0.3) is 10.9 Å². The Morgan fingerprint density at radius 1 is 1.52 bits per heavy atom. The number of halogens is 1. The second kappa shape index (κ2) is 5.33. The van der Waals surface area contributed by atoms with E-state index in [2.05, 4.69) is 26.3 Å². The van der Waals surface area contributed by atoms with Gasteiger partial charge >= 0.3 is 0 Å². The number of nitrogens with one attached hydrogen (secondary N) is 1. The lowest BCUT2D eigenvalue weighted by molar-refractivity contribution is -0.119. The number of aryl methyl sites for hydroxylation is 2. The van der Waals surface area contributed by atoms with Gasteiger partial charge in [0.05, 0.1) is 10.9 Å². The monoisotopic (exact) mass is 351 g/mol. The Bertz CT molecular complexity index is 710. The minimum atomic E-state index is -0.0268. The van der Waals surface area contributed by atoms with Crippen molar-refractivity contribution in [3.05, 3.63) is 22.3 Å². The van der Waals surface area contributed by atoms with Crippen molar-refractivity contribution in [1.82, 2.24) is 15.1 Å². The molecule has 1 fully saturated rings. The molecule has 0 radical (unpaired) electrons. The summed E-state index contributed by atoms with van der Waals surface area (Å²) < 4.78 is 8.96. The first-order valence-electron chi connectivity index (χ1n) is 7.02. The molecule has 0 spiro atoms. The molecule has 3 rings (SSSR count). The summed E-state index contributed by atoms with van der Waals surface area (Å²) in [6, 6.07) is 3.96. The summed E-state index contributed by atoms with van der Waals surface area (Å²) in [6.45, 7) is 4.73. The topological polar surface area (TPSA) is 56.1 Å². The molecule has 0 bridgehead atoms. The normalized spacial score (nSPS) is 19.8. The Morgan fingerprint density at radius 2 is 2.29 bits per heavy atom. The van der Waals surface area contributed by atoms with Gasteiger partial charge in [-0.25, -0.2) is 0 Å². The van der Waals surface area contributed by atoms with E-state index in [0.29, 0.717) is 13.0 Å². The van der Waals surface area contributed by atoms with Crippen molar-refractivity contribution in [1.29, 1.82) is 0 Å². The quantitative estimate of drug-likeness (QED) is 0.924. The van der Waals surface area contributed by atoms with Crippen LogP contribution in [-0.2, 0) is 11.8 Å². The van der Waals surface area contributed by atoms with Gasteiger partial charge in [0.25, 0.3) is 0 Å². The predicted molar refractivity (Wildman–Crippen MR) is 84.4 cm³/mol. The van der Waals surface area contributed by atoms with Crippen LogP contribution in [0.5, 0.6) is 5.75 Å². The molecule has 1 aliphatic rings. The van der Waals surface area contributed by atoms with Gasteiger partial charge in [-0.3, -0.25) is 9.48 Å². The van der Waals surface area contributed by atoms with Crippen molar-refractivity contribution in [2.45, 2.75) is 26.4 Å². The molecule has 1 aromatic heterocycles. The molecule has 2 aromatic rings. The molecular formula is C15H18BrN3O2.